The molecule has 1 aromatic carbocycles. The van der Waals surface area contributed by atoms with E-state index in [4.69, 9.17) is 10.5 Å². The minimum atomic E-state index is -0.924. The zero-order valence-electron chi connectivity index (χ0n) is 8.76. The van der Waals surface area contributed by atoms with E-state index in [1.165, 1.54) is 0 Å². The number of nitrogens with two attached hydrogens (primary N) is 1. The molecular weight excluding hydrogens is 194 g/mol. The van der Waals surface area contributed by atoms with E-state index in [0.29, 0.717) is 12.2 Å². The summed E-state index contributed by atoms with van der Waals surface area (Å²) in [5, 5.41) is 19.0. The van der Waals surface area contributed by atoms with Gasteiger partial charge in [0.15, 0.2) is 0 Å². The smallest absolute Gasteiger partial charge is 0.106 e. The van der Waals surface area contributed by atoms with Gasteiger partial charge in [-0.15, -0.1) is 0 Å². The minimum absolute atomic E-state index is 0.0426. The fourth-order valence-electron chi connectivity index (χ4n) is 1.33. The molecule has 2 unspecified atom stereocenters. The largest absolute Gasteiger partial charge is 0.389 e. The fourth-order valence-corrected chi connectivity index (χ4v) is 1.33. The Morgan fingerprint density at radius 1 is 1.27 bits per heavy atom. The molecule has 84 valence electrons. The number of aliphatic hydroxyl groups is 2. The number of hydrogen-bond acceptors (Lipinski definition) is 4. The van der Waals surface area contributed by atoms with Gasteiger partial charge in [0, 0.05) is 13.7 Å². The molecule has 4 heteroatoms. The van der Waals surface area contributed by atoms with Gasteiger partial charge in [-0.2, -0.15) is 0 Å². The van der Waals surface area contributed by atoms with E-state index in [1.54, 1.807) is 19.2 Å². The summed E-state index contributed by atoms with van der Waals surface area (Å²) in [7, 11) is 1.63. The van der Waals surface area contributed by atoms with Crippen LogP contribution in [0.2, 0.25) is 0 Å². The molecular formula is C11H17NO3. The standard InChI is InChI=1S/C11H17NO3/c1-15-7-8-2-4-9(5-3-8)11(14)10(13)6-12/h2-5,10-11,13-14H,6-7,12H2,1H3. The first kappa shape index (κ1) is 12.1. The third-order valence-corrected chi connectivity index (χ3v) is 2.24. The highest BCUT2D eigenvalue weighted by molar-refractivity contribution is 5.24. The van der Waals surface area contributed by atoms with Gasteiger partial charge < -0.3 is 20.7 Å². The summed E-state index contributed by atoms with van der Waals surface area (Å²) >= 11 is 0. The Bertz CT molecular complexity index is 286. The highest BCUT2D eigenvalue weighted by Crippen LogP contribution is 2.17. The highest BCUT2D eigenvalue weighted by Gasteiger charge is 2.16. The fraction of sp³-hybridized carbons (Fsp3) is 0.455. The van der Waals surface area contributed by atoms with Crippen molar-refractivity contribution < 1.29 is 14.9 Å². The average molecular weight is 211 g/mol. The molecule has 0 saturated heterocycles. The molecule has 0 saturated carbocycles. The molecule has 0 aliphatic heterocycles. The van der Waals surface area contributed by atoms with Crippen LogP contribution in [0.1, 0.15) is 17.2 Å². The second kappa shape index (κ2) is 5.82. The van der Waals surface area contributed by atoms with Crippen molar-refractivity contribution in [1.82, 2.24) is 0 Å². The van der Waals surface area contributed by atoms with Gasteiger partial charge in [-0.05, 0) is 11.1 Å². The normalized spacial score (nSPS) is 14.9. The minimum Gasteiger partial charge on any atom is -0.389 e. The molecule has 0 bridgehead atoms. The summed E-state index contributed by atoms with van der Waals surface area (Å²) < 4.78 is 4.96. The van der Waals surface area contributed by atoms with Crippen LogP contribution in [-0.4, -0.2) is 30.0 Å². The lowest BCUT2D eigenvalue weighted by atomic mass is 10.0. The lowest BCUT2D eigenvalue weighted by Gasteiger charge is -2.16. The van der Waals surface area contributed by atoms with E-state index < -0.39 is 12.2 Å². The highest BCUT2D eigenvalue weighted by atomic mass is 16.5. The summed E-state index contributed by atoms with van der Waals surface area (Å²) in [4.78, 5) is 0. The first-order valence-electron chi connectivity index (χ1n) is 4.83. The lowest BCUT2D eigenvalue weighted by Crippen LogP contribution is -2.27. The Morgan fingerprint density at radius 2 is 1.87 bits per heavy atom. The van der Waals surface area contributed by atoms with Gasteiger partial charge in [0.1, 0.15) is 6.10 Å². The van der Waals surface area contributed by atoms with Crippen molar-refractivity contribution in [1.29, 1.82) is 0 Å². The van der Waals surface area contributed by atoms with E-state index >= 15 is 0 Å². The second-order valence-electron chi connectivity index (χ2n) is 3.42. The number of hydrogen-bond donors (Lipinski definition) is 3. The molecule has 0 fully saturated rings. The van der Waals surface area contributed by atoms with Gasteiger partial charge >= 0.3 is 0 Å². The van der Waals surface area contributed by atoms with Crippen LogP contribution >= 0.6 is 0 Å². The zero-order chi connectivity index (χ0) is 11.3. The van der Waals surface area contributed by atoms with Crippen LogP contribution in [0, 0.1) is 0 Å². The van der Waals surface area contributed by atoms with Gasteiger partial charge in [-0.25, -0.2) is 0 Å². The number of aliphatic hydroxyl groups excluding tert-OH is 2. The van der Waals surface area contributed by atoms with Crippen LogP contribution in [0.3, 0.4) is 0 Å². The van der Waals surface area contributed by atoms with Crippen LogP contribution in [0.5, 0.6) is 0 Å². The first-order valence-corrected chi connectivity index (χ1v) is 4.83. The first-order chi connectivity index (χ1) is 7.19. The quantitative estimate of drug-likeness (QED) is 0.649. The van der Waals surface area contributed by atoms with E-state index in [-0.39, 0.29) is 6.54 Å². The predicted octanol–water partition coefficient (Wildman–Crippen LogP) is 0.186. The van der Waals surface area contributed by atoms with Crippen LogP contribution in [0.4, 0.5) is 0 Å². The topological polar surface area (TPSA) is 75.7 Å². The van der Waals surface area contributed by atoms with Crippen LogP contribution < -0.4 is 5.73 Å². The van der Waals surface area contributed by atoms with Crippen molar-refractivity contribution in [2.75, 3.05) is 13.7 Å². The van der Waals surface area contributed by atoms with Gasteiger partial charge in [0.05, 0.1) is 12.7 Å². The SMILES string of the molecule is COCc1ccc(C(O)C(O)CN)cc1. The molecule has 0 radical (unpaired) electrons. The summed E-state index contributed by atoms with van der Waals surface area (Å²) in [5.41, 5.74) is 6.94. The molecule has 1 rings (SSSR count). The Kier molecular flexibility index (Phi) is 4.71. The van der Waals surface area contributed by atoms with Crippen LogP contribution in [0.25, 0.3) is 0 Å². The lowest BCUT2D eigenvalue weighted by molar-refractivity contribution is 0.0243. The Balaban J connectivity index is 2.70. The van der Waals surface area contributed by atoms with Crippen molar-refractivity contribution in [3.05, 3.63) is 35.4 Å². The molecule has 4 N–H and O–H groups in total. The number of rotatable bonds is 5. The number of methoxy groups -OCH3 is 1. The van der Waals surface area contributed by atoms with E-state index in [2.05, 4.69) is 0 Å². The summed E-state index contributed by atoms with van der Waals surface area (Å²) in [6.07, 6.45) is -1.84. The third kappa shape index (κ3) is 3.28. The van der Waals surface area contributed by atoms with E-state index in [9.17, 15) is 10.2 Å². The number of ether oxygens (including phenoxy) is 1. The van der Waals surface area contributed by atoms with Crippen molar-refractivity contribution >= 4 is 0 Å². The summed E-state index contributed by atoms with van der Waals surface area (Å²) in [6.45, 7) is 0.580. The maximum absolute atomic E-state index is 9.65. The monoisotopic (exact) mass is 211 g/mol. The molecule has 0 aromatic heterocycles. The van der Waals surface area contributed by atoms with Gasteiger partial charge in [-0.1, -0.05) is 24.3 Å². The Labute approximate surface area is 89.3 Å². The Hall–Kier alpha value is -0.940. The third-order valence-electron chi connectivity index (χ3n) is 2.24. The zero-order valence-corrected chi connectivity index (χ0v) is 8.76. The maximum Gasteiger partial charge on any atom is 0.106 e. The number of benzene rings is 1. The average Bonchev–Trinajstić information content (AvgIpc) is 2.28. The Morgan fingerprint density at radius 3 is 2.33 bits per heavy atom. The van der Waals surface area contributed by atoms with Gasteiger partial charge in [-0.3, -0.25) is 0 Å². The van der Waals surface area contributed by atoms with Crippen molar-refractivity contribution in [3.63, 3.8) is 0 Å². The maximum atomic E-state index is 9.65. The molecule has 1 aromatic rings. The molecule has 0 aliphatic carbocycles. The molecule has 15 heavy (non-hydrogen) atoms. The van der Waals surface area contributed by atoms with Gasteiger partial charge in [0.2, 0.25) is 0 Å². The van der Waals surface area contributed by atoms with Crippen molar-refractivity contribution in [2.45, 2.75) is 18.8 Å². The molecule has 2 atom stereocenters. The van der Waals surface area contributed by atoms with Gasteiger partial charge in [0.25, 0.3) is 0 Å². The van der Waals surface area contributed by atoms with Crippen molar-refractivity contribution in [2.24, 2.45) is 5.73 Å². The second-order valence-corrected chi connectivity index (χ2v) is 3.42. The summed E-state index contributed by atoms with van der Waals surface area (Å²) in [6, 6.07) is 7.23. The summed E-state index contributed by atoms with van der Waals surface area (Å²) in [5.74, 6) is 0. The molecule has 0 heterocycles. The van der Waals surface area contributed by atoms with Crippen LogP contribution in [0.15, 0.2) is 24.3 Å². The van der Waals surface area contributed by atoms with Crippen molar-refractivity contribution in [3.8, 4) is 0 Å². The van der Waals surface area contributed by atoms with E-state index in [0.717, 1.165) is 5.56 Å². The molecule has 0 amide bonds. The predicted molar refractivity (Wildman–Crippen MR) is 57.2 cm³/mol. The van der Waals surface area contributed by atoms with E-state index in [1.807, 2.05) is 12.1 Å². The van der Waals surface area contributed by atoms with Crippen LogP contribution in [-0.2, 0) is 11.3 Å². The molecule has 0 aliphatic rings. The molecule has 0 spiro atoms. The molecule has 4 nitrogen and oxygen atoms in total.